The number of rotatable bonds is 2. The molecule has 1 aromatic rings. The molecule has 1 aliphatic heterocycles. The molecule has 0 aliphatic carbocycles. The van der Waals surface area contributed by atoms with Gasteiger partial charge in [-0.2, -0.15) is 13.2 Å². The predicted molar refractivity (Wildman–Crippen MR) is 65.4 cm³/mol. The molecule has 0 N–H and O–H groups in total. The third-order valence-corrected chi connectivity index (χ3v) is 2.69. The maximum Gasteiger partial charge on any atom is 0.405 e. The molecule has 18 heavy (non-hydrogen) atoms. The van der Waals surface area contributed by atoms with E-state index in [1.807, 2.05) is 0 Å². The largest absolute Gasteiger partial charge is 0.487 e. The molecule has 0 amide bonds. The first-order valence-electron chi connectivity index (χ1n) is 5.64. The van der Waals surface area contributed by atoms with Gasteiger partial charge in [0.2, 0.25) is 0 Å². The van der Waals surface area contributed by atoms with Crippen LogP contribution in [0.1, 0.15) is 13.8 Å². The Morgan fingerprint density at radius 3 is 2.28 bits per heavy atom. The summed E-state index contributed by atoms with van der Waals surface area (Å²) < 4.78 is 44.6. The maximum atomic E-state index is 13.1. The summed E-state index contributed by atoms with van der Waals surface area (Å²) in [7, 11) is 0. The highest BCUT2D eigenvalue weighted by atomic mass is 19.4. The number of aliphatic imine (C=N–C) groups is 1. The van der Waals surface area contributed by atoms with E-state index >= 15 is 0 Å². The molecule has 2 nitrogen and oxygen atoms in total. The van der Waals surface area contributed by atoms with Crippen LogP contribution in [0.25, 0.3) is 0 Å². The van der Waals surface area contributed by atoms with Gasteiger partial charge < -0.3 is 4.74 Å². The standard InChI is InChI=1S/C12H13BF3NO/c1-11(2)8-18-10(17-11)13(12(14,15)16)9-6-4-3-5-7-9/h3-7H,8H2,1-2H3. The van der Waals surface area contributed by atoms with Crippen molar-refractivity contribution in [2.75, 3.05) is 6.61 Å². The predicted octanol–water partition coefficient (Wildman–Crippen LogP) is 2.24. The average Bonchev–Trinajstić information content (AvgIpc) is 2.58. The third kappa shape index (κ3) is 2.68. The van der Waals surface area contributed by atoms with E-state index < -0.39 is 18.3 Å². The average molecular weight is 255 g/mol. The molecule has 2 rings (SSSR count). The first-order valence-corrected chi connectivity index (χ1v) is 5.64. The second kappa shape index (κ2) is 4.33. The summed E-state index contributed by atoms with van der Waals surface area (Å²) in [5.74, 6) is -0.237. The Labute approximate surface area is 104 Å². The first kappa shape index (κ1) is 13.0. The molecule has 6 heteroatoms. The molecule has 0 fully saturated rings. The molecule has 0 radical (unpaired) electrons. The lowest BCUT2D eigenvalue weighted by Gasteiger charge is -2.16. The fourth-order valence-electron chi connectivity index (χ4n) is 1.88. The second-order valence-electron chi connectivity index (χ2n) is 4.94. The van der Waals surface area contributed by atoms with Crippen molar-refractivity contribution in [3.8, 4) is 0 Å². The zero-order valence-electron chi connectivity index (χ0n) is 10.2. The van der Waals surface area contributed by atoms with Crippen molar-refractivity contribution in [3.63, 3.8) is 0 Å². The second-order valence-corrected chi connectivity index (χ2v) is 4.94. The summed E-state index contributed by atoms with van der Waals surface area (Å²) in [6, 6.07) is 7.71. The lowest BCUT2D eigenvalue weighted by Crippen LogP contribution is -2.51. The molecule has 1 aliphatic rings. The number of nitrogens with zero attached hydrogens (tertiary/aromatic N) is 1. The molecule has 1 heterocycles. The Morgan fingerprint density at radius 2 is 1.83 bits per heavy atom. The van der Waals surface area contributed by atoms with Crippen molar-refractivity contribution in [1.82, 2.24) is 0 Å². The lowest BCUT2D eigenvalue weighted by molar-refractivity contribution is -0.0484. The van der Waals surface area contributed by atoms with Gasteiger partial charge in [0.05, 0.1) is 5.54 Å². The number of halogens is 3. The van der Waals surface area contributed by atoms with Crippen molar-refractivity contribution in [2.45, 2.75) is 25.5 Å². The fraction of sp³-hybridized carbons (Fsp3) is 0.417. The highest BCUT2D eigenvalue weighted by Crippen LogP contribution is 2.25. The Kier molecular flexibility index (Phi) is 3.13. The molecule has 0 unspecified atom stereocenters. The smallest absolute Gasteiger partial charge is 0.405 e. The van der Waals surface area contributed by atoms with E-state index in [-0.39, 0.29) is 17.9 Å². The molecule has 1 aromatic carbocycles. The van der Waals surface area contributed by atoms with Crippen LogP contribution in [0.3, 0.4) is 0 Å². The van der Waals surface area contributed by atoms with Crippen LogP contribution >= 0.6 is 0 Å². The van der Waals surface area contributed by atoms with Crippen molar-refractivity contribution < 1.29 is 17.9 Å². The zero-order chi connectivity index (χ0) is 13.4. The molecule has 0 saturated heterocycles. The van der Waals surface area contributed by atoms with Crippen LogP contribution in [-0.4, -0.2) is 30.7 Å². The zero-order valence-corrected chi connectivity index (χ0v) is 10.2. The summed E-state index contributed by atoms with van der Waals surface area (Å²) in [6.07, 6.45) is -4.40. The van der Waals surface area contributed by atoms with E-state index in [2.05, 4.69) is 4.99 Å². The van der Waals surface area contributed by atoms with Gasteiger partial charge >= 0.3 is 12.8 Å². The van der Waals surface area contributed by atoms with E-state index in [1.165, 1.54) is 12.1 Å². The van der Waals surface area contributed by atoms with E-state index in [0.29, 0.717) is 0 Å². The Morgan fingerprint density at radius 1 is 1.22 bits per heavy atom. The molecular formula is C12H13BF3NO. The number of alkyl halides is 3. The van der Waals surface area contributed by atoms with Gasteiger partial charge in [0.15, 0.2) is 5.80 Å². The van der Waals surface area contributed by atoms with Crippen molar-refractivity contribution in [1.29, 1.82) is 0 Å². The molecular weight excluding hydrogens is 242 g/mol. The molecule has 0 bridgehead atoms. The van der Waals surface area contributed by atoms with Gasteiger partial charge in [-0.05, 0) is 13.8 Å². The van der Waals surface area contributed by atoms with Crippen LogP contribution in [0.15, 0.2) is 35.3 Å². The molecule has 0 saturated carbocycles. The summed E-state index contributed by atoms with van der Waals surface area (Å²) in [6.45, 7) is 1.90. The lowest BCUT2D eigenvalue weighted by atomic mass is 9.43. The monoisotopic (exact) mass is 255 g/mol. The minimum atomic E-state index is -4.40. The van der Waals surface area contributed by atoms with Crippen molar-refractivity contribution in [3.05, 3.63) is 30.3 Å². The third-order valence-electron chi connectivity index (χ3n) is 2.69. The topological polar surface area (TPSA) is 21.6 Å². The molecule has 0 atom stereocenters. The molecule has 0 aromatic heterocycles. The normalized spacial score (nSPS) is 18.2. The number of hydrogen-bond donors (Lipinski definition) is 0. The Bertz CT molecular complexity index is 456. The van der Waals surface area contributed by atoms with E-state index in [4.69, 9.17) is 4.74 Å². The van der Waals surface area contributed by atoms with E-state index in [1.54, 1.807) is 32.0 Å². The Balaban J connectivity index is 2.40. The highest BCUT2D eigenvalue weighted by Gasteiger charge is 2.52. The summed E-state index contributed by atoms with van der Waals surface area (Å²) in [5.41, 5.74) is -0.436. The van der Waals surface area contributed by atoms with Crippen LogP contribution in [0, 0.1) is 0 Å². The molecule has 96 valence electrons. The number of ether oxygens (including phenoxy) is 1. The van der Waals surface area contributed by atoms with Crippen LogP contribution < -0.4 is 5.46 Å². The van der Waals surface area contributed by atoms with Gasteiger partial charge in [-0.1, -0.05) is 35.8 Å². The van der Waals surface area contributed by atoms with Gasteiger partial charge in [-0.25, -0.2) is 0 Å². The van der Waals surface area contributed by atoms with Crippen molar-refractivity contribution in [2.24, 2.45) is 4.99 Å². The highest BCUT2D eigenvalue weighted by molar-refractivity contribution is 7.00. The fourth-order valence-corrected chi connectivity index (χ4v) is 1.88. The van der Waals surface area contributed by atoms with Gasteiger partial charge in [0, 0.05) is 0 Å². The SMILES string of the molecule is CC1(C)COC(B(c2ccccc2)C(F)(F)F)=N1. The van der Waals surface area contributed by atoms with Crippen LogP contribution in [0.2, 0.25) is 0 Å². The summed E-state index contributed by atoms with van der Waals surface area (Å²) in [5, 5.41) is 0. The van der Waals surface area contributed by atoms with Gasteiger partial charge in [-0.15, -0.1) is 0 Å². The minimum Gasteiger partial charge on any atom is -0.487 e. The number of benzene rings is 1. The van der Waals surface area contributed by atoms with Crippen LogP contribution in [0.4, 0.5) is 13.2 Å². The van der Waals surface area contributed by atoms with Gasteiger partial charge in [0.25, 0.3) is 0 Å². The minimum absolute atomic E-state index is 0.154. The molecule has 0 spiro atoms. The van der Waals surface area contributed by atoms with Gasteiger partial charge in [0.1, 0.15) is 6.61 Å². The summed E-state index contributed by atoms with van der Waals surface area (Å²) >= 11 is 0. The van der Waals surface area contributed by atoms with Crippen LogP contribution in [0.5, 0.6) is 0 Å². The van der Waals surface area contributed by atoms with E-state index in [9.17, 15) is 13.2 Å². The maximum absolute atomic E-state index is 13.1. The van der Waals surface area contributed by atoms with Gasteiger partial charge in [-0.3, -0.25) is 4.99 Å². The first-order chi connectivity index (χ1) is 8.30. The van der Waals surface area contributed by atoms with Crippen LogP contribution in [-0.2, 0) is 4.74 Å². The summed E-state index contributed by atoms with van der Waals surface area (Å²) in [4.78, 5) is 4.04. The van der Waals surface area contributed by atoms with Crippen molar-refractivity contribution >= 4 is 18.0 Å². The van der Waals surface area contributed by atoms with E-state index in [0.717, 1.165) is 0 Å². The Hall–Kier alpha value is -1.46. The number of hydrogen-bond acceptors (Lipinski definition) is 2. The quantitative estimate of drug-likeness (QED) is 0.742.